The molecule has 0 N–H and O–H groups in total. The first-order valence-electron chi connectivity index (χ1n) is 8.92. The van der Waals surface area contributed by atoms with Crippen molar-refractivity contribution in [1.82, 2.24) is 4.90 Å². The van der Waals surface area contributed by atoms with E-state index >= 15 is 0 Å². The third-order valence-electron chi connectivity index (χ3n) is 6.03. The van der Waals surface area contributed by atoms with Crippen LogP contribution in [0, 0.1) is 17.8 Å². The van der Waals surface area contributed by atoms with Crippen molar-refractivity contribution in [2.24, 2.45) is 17.8 Å². The zero-order chi connectivity index (χ0) is 13.7. The van der Waals surface area contributed by atoms with Crippen LogP contribution in [0.25, 0.3) is 0 Å². The van der Waals surface area contributed by atoms with E-state index in [0.29, 0.717) is 0 Å². The highest BCUT2D eigenvalue weighted by atomic mass is 15.1. The normalized spacial score (nSPS) is 36.5. The van der Waals surface area contributed by atoms with Gasteiger partial charge in [-0.25, -0.2) is 0 Å². The summed E-state index contributed by atoms with van der Waals surface area (Å²) in [5, 5.41) is 0. The molecule has 0 bridgehead atoms. The fourth-order valence-electron chi connectivity index (χ4n) is 4.55. The number of rotatable bonds is 2. The van der Waals surface area contributed by atoms with Crippen molar-refractivity contribution in [3.63, 3.8) is 0 Å². The SMILES string of the molecule is CCC1CC(C)N(C)CC1C1CCCCCCCC1. The lowest BCUT2D eigenvalue weighted by molar-refractivity contribution is 0.0484. The van der Waals surface area contributed by atoms with E-state index in [4.69, 9.17) is 0 Å². The van der Waals surface area contributed by atoms with E-state index in [9.17, 15) is 0 Å². The molecule has 1 nitrogen and oxygen atoms in total. The van der Waals surface area contributed by atoms with Crippen molar-refractivity contribution >= 4 is 0 Å². The molecule has 3 unspecified atom stereocenters. The average molecular weight is 265 g/mol. The summed E-state index contributed by atoms with van der Waals surface area (Å²) in [5.74, 6) is 3.01. The van der Waals surface area contributed by atoms with Crippen molar-refractivity contribution < 1.29 is 0 Å². The molecule has 112 valence electrons. The summed E-state index contributed by atoms with van der Waals surface area (Å²) < 4.78 is 0. The minimum Gasteiger partial charge on any atom is -0.303 e. The van der Waals surface area contributed by atoms with Gasteiger partial charge in [-0.3, -0.25) is 0 Å². The average Bonchev–Trinajstić information content (AvgIpc) is 2.55. The van der Waals surface area contributed by atoms with Gasteiger partial charge < -0.3 is 4.90 Å². The fraction of sp³-hybridized carbons (Fsp3) is 1.00. The van der Waals surface area contributed by atoms with Gasteiger partial charge >= 0.3 is 0 Å². The Balaban J connectivity index is 1.98. The number of hydrogen-bond donors (Lipinski definition) is 0. The van der Waals surface area contributed by atoms with Crippen molar-refractivity contribution in [1.29, 1.82) is 0 Å². The van der Waals surface area contributed by atoms with E-state index in [-0.39, 0.29) is 0 Å². The third-order valence-corrected chi connectivity index (χ3v) is 6.03. The summed E-state index contributed by atoms with van der Waals surface area (Å²) in [5.41, 5.74) is 0. The van der Waals surface area contributed by atoms with Gasteiger partial charge in [0.25, 0.3) is 0 Å². The Labute approximate surface area is 121 Å². The molecule has 3 atom stereocenters. The van der Waals surface area contributed by atoms with Gasteiger partial charge in [0, 0.05) is 12.6 Å². The van der Waals surface area contributed by atoms with Crippen LogP contribution in [0.5, 0.6) is 0 Å². The topological polar surface area (TPSA) is 3.24 Å². The summed E-state index contributed by atoms with van der Waals surface area (Å²) in [7, 11) is 2.35. The van der Waals surface area contributed by atoms with E-state index in [0.717, 1.165) is 23.8 Å². The molecule has 1 aliphatic heterocycles. The third kappa shape index (κ3) is 4.21. The van der Waals surface area contributed by atoms with Crippen molar-refractivity contribution in [2.75, 3.05) is 13.6 Å². The van der Waals surface area contributed by atoms with E-state index in [1.807, 2.05) is 0 Å². The molecule has 2 aliphatic rings. The van der Waals surface area contributed by atoms with Crippen molar-refractivity contribution in [3.05, 3.63) is 0 Å². The van der Waals surface area contributed by atoms with E-state index in [1.54, 1.807) is 0 Å². The van der Waals surface area contributed by atoms with Crippen LogP contribution in [-0.2, 0) is 0 Å². The fourth-order valence-corrected chi connectivity index (χ4v) is 4.55. The Morgan fingerprint density at radius 3 is 2.11 bits per heavy atom. The highest BCUT2D eigenvalue weighted by Gasteiger charge is 2.35. The summed E-state index contributed by atoms with van der Waals surface area (Å²) in [6, 6.07) is 0.803. The zero-order valence-corrected chi connectivity index (χ0v) is 13.5. The molecule has 1 heteroatoms. The largest absolute Gasteiger partial charge is 0.303 e. The maximum Gasteiger partial charge on any atom is 0.00667 e. The van der Waals surface area contributed by atoms with Gasteiger partial charge in [-0.05, 0) is 38.1 Å². The maximum absolute atomic E-state index is 2.63. The molecule has 2 rings (SSSR count). The van der Waals surface area contributed by atoms with Crippen LogP contribution in [0.3, 0.4) is 0 Å². The van der Waals surface area contributed by atoms with E-state index in [1.165, 1.54) is 70.8 Å². The van der Waals surface area contributed by atoms with Crippen LogP contribution in [-0.4, -0.2) is 24.5 Å². The number of piperidine rings is 1. The first kappa shape index (κ1) is 15.4. The van der Waals surface area contributed by atoms with Gasteiger partial charge in [0.2, 0.25) is 0 Å². The summed E-state index contributed by atoms with van der Waals surface area (Å²) >= 11 is 0. The molecule has 1 heterocycles. The Hall–Kier alpha value is -0.0400. The Morgan fingerprint density at radius 1 is 0.947 bits per heavy atom. The number of nitrogens with zero attached hydrogens (tertiary/aromatic N) is 1. The molecule has 0 aromatic heterocycles. The van der Waals surface area contributed by atoms with Crippen molar-refractivity contribution in [3.8, 4) is 0 Å². The van der Waals surface area contributed by atoms with Crippen LogP contribution in [0.2, 0.25) is 0 Å². The minimum atomic E-state index is 0.803. The molecule has 0 radical (unpaired) electrons. The van der Waals surface area contributed by atoms with Gasteiger partial charge in [0.05, 0.1) is 0 Å². The predicted octanol–water partition coefficient (Wildman–Crippen LogP) is 5.10. The summed E-state index contributed by atoms with van der Waals surface area (Å²) in [6.07, 6.45) is 14.8. The summed E-state index contributed by atoms with van der Waals surface area (Å²) in [6.45, 7) is 6.21. The van der Waals surface area contributed by atoms with Gasteiger partial charge in [-0.2, -0.15) is 0 Å². The second kappa shape index (κ2) is 7.67. The number of likely N-dealkylation sites (tertiary alicyclic amines) is 1. The smallest absolute Gasteiger partial charge is 0.00667 e. The van der Waals surface area contributed by atoms with Crippen LogP contribution in [0.1, 0.15) is 78.1 Å². The highest BCUT2D eigenvalue weighted by molar-refractivity contribution is 4.87. The van der Waals surface area contributed by atoms with Gasteiger partial charge in [0.15, 0.2) is 0 Å². The first-order valence-corrected chi connectivity index (χ1v) is 8.92. The van der Waals surface area contributed by atoms with Gasteiger partial charge in [-0.1, -0.05) is 64.7 Å². The quantitative estimate of drug-likeness (QED) is 0.671. The standard InChI is InChI=1S/C18H35N/c1-4-16-13-15(2)19(3)14-18(16)17-11-9-7-5-6-8-10-12-17/h15-18H,4-14H2,1-3H3. The Kier molecular flexibility index (Phi) is 6.19. The number of hydrogen-bond acceptors (Lipinski definition) is 1. The lowest BCUT2D eigenvalue weighted by atomic mass is 9.71. The molecular formula is C18H35N. The lowest BCUT2D eigenvalue weighted by Gasteiger charge is -2.44. The summed E-state index contributed by atoms with van der Waals surface area (Å²) in [4.78, 5) is 2.63. The Morgan fingerprint density at radius 2 is 1.53 bits per heavy atom. The van der Waals surface area contributed by atoms with Crippen LogP contribution in [0.15, 0.2) is 0 Å². The van der Waals surface area contributed by atoms with E-state index < -0.39 is 0 Å². The minimum absolute atomic E-state index is 0.803. The second-order valence-electron chi connectivity index (χ2n) is 7.32. The lowest BCUT2D eigenvalue weighted by Crippen LogP contribution is -2.46. The molecule has 0 amide bonds. The molecule has 1 saturated carbocycles. The molecule has 19 heavy (non-hydrogen) atoms. The molecular weight excluding hydrogens is 230 g/mol. The predicted molar refractivity (Wildman–Crippen MR) is 84.4 cm³/mol. The molecule has 1 aliphatic carbocycles. The van der Waals surface area contributed by atoms with Crippen molar-refractivity contribution in [2.45, 2.75) is 84.1 Å². The van der Waals surface area contributed by atoms with Gasteiger partial charge in [0.1, 0.15) is 0 Å². The highest BCUT2D eigenvalue weighted by Crippen LogP contribution is 2.39. The molecule has 2 fully saturated rings. The molecule has 0 aromatic rings. The van der Waals surface area contributed by atoms with Crippen LogP contribution in [0.4, 0.5) is 0 Å². The molecule has 0 aromatic carbocycles. The van der Waals surface area contributed by atoms with E-state index in [2.05, 4.69) is 25.8 Å². The zero-order valence-electron chi connectivity index (χ0n) is 13.5. The first-order chi connectivity index (χ1) is 9.22. The van der Waals surface area contributed by atoms with Crippen LogP contribution < -0.4 is 0 Å². The molecule has 1 saturated heterocycles. The van der Waals surface area contributed by atoms with Crippen LogP contribution >= 0.6 is 0 Å². The van der Waals surface area contributed by atoms with Gasteiger partial charge in [-0.15, -0.1) is 0 Å². The maximum atomic E-state index is 2.63. The Bertz CT molecular complexity index is 240. The second-order valence-corrected chi connectivity index (χ2v) is 7.32. The molecule has 0 spiro atoms. The monoisotopic (exact) mass is 265 g/mol.